The molecule has 0 aliphatic heterocycles. The van der Waals surface area contributed by atoms with Crippen LogP contribution in [0.5, 0.6) is 0 Å². The quantitative estimate of drug-likeness (QED) is 0.902. The molecule has 0 bridgehead atoms. The van der Waals surface area contributed by atoms with E-state index in [4.69, 9.17) is 5.11 Å². The van der Waals surface area contributed by atoms with Crippen LogP contribution in [-0.2, 0) is 0 Å². The number of carboxylic acid groups (broad SMARTS) is 1. The van der Waals surface area contributed by atoms with Gasteiger partial charge in [-0.1, -0.05) is 0 Å². The van der Waals surface area contributed by atoms with Gasteiger partial charge in [-0.05, 0) is 52.7 Å². The molecule has 0 aliphatic carbocycles. The van der Waals surface area contributed by atoms with E-state index in [0.29, 0.717) is 10.2 Å². The molecule has 1 aromatic heterocycles. The molecule has 2 rings (SSSR count). The number of rotatable bonds is 3. The van der Waals surface area contributed by atoms with Gasteiger partial charge in [-0.3, -0.25) is 0 Å². The smallest absolute Gasteiger partial charge is 0.339 e. The van der Waals surface area contributed by atoms with Crippen molar-refractivity contribution in [1.82, 2.24) is 4.98 Å². The fourth-order valence-corrected chi connectivity index (χ4v) is 1.98. The Kier molecular flexibility index (Phi) is 3.80. The zero-order valence-corrected chi connectivity index (χ0v) is 11.5. The van der Waals surface area contributed by atoms with Crippen molar-refractivity contribution in [2.45, 2.75) is 6.92 Å². The second-order valence-electron chi connectivity index (χ2n) is 4.00. The molecule has 19 heavy (non-hydrogen) atoms. The van der Waals surface area contributed by atoms with E-state index >= 15 is 0 Å². The van der Waals surface area contributed by atoms with Crippen LogP contribution in [0, 0.1) is 12.7 Å². The summed E-state index contributed by atoms with van der Waals surface area (Å²) in [6.45, 7) is 1.75. The minimum Gasteiger partial charge on any atom is -0.478 e. The third-order valence-corrected chi connectivity index (χ3v) is 2.82. The highest BCUT2D eigenvalue weighted by molar-refractivity contribution is 9.10. The zero-order chi connectivity index (χ0) is 14.0. The van der Waals surface area contributed by atoms with E-state index in [1.807, 2.05) is 0 Å². The number of benzene rings is 1. The van der Waals surface area contributed by atoms with E-state index in [9.17, 15) is 9.18 Å². The number of halogens is 2. The molecule has 98 valence electrons. The minimum atomic E-state index is -1.11. The van der Waals surface area contributed by atoms with E-state index in [-0.39, 0.29) is 11.4 Å². The van der Waals surface area contributed by atoms with Crippen molar-refractivity contribution in [2.24, 2.45) is 0 Å². The van der Waals surface area contributed by atoms with E-state index in [0.717, 1.165) is 5.56 Å². The first-order valence-electron chi connectivity index (χ1n) is 5.39. The number of hydrogen-bond donors (Lipinski definition) is 2. The summed E-state index contributed by atoms with van der Waals surface area (Å²) in [4.78, 5) is 15.1. The molecule has 6 heteroatoms. The Morgan fingerprint density at radius 1 is 1.37 bits per heavy atom. The van der Waals surface area contributed by atoms with Gasteiger partial charge in [0.05, 0.1) is 0 Å². The Hall–Kier alpha value is -1.95. The van der Waals surface area contributed by atoms with Gasteiger partial charge < -0.3 is 10.4 Å². The van der Waals surface area contributed by atoms with Gasteiger partial charge in [0, 0.05) is 16.4 Å². The molecule has 0 aliphatic rings. The number of aromatic carboxylic acids is 1. The summed E-state index contributed by atoms with van der Waals surface area (Å²) in [6.07, 6.45) is 1.47. The van der Waals surface area contributed by atoms with Crippen molar-refractivity contribution >= 4 is 33.4 Å². The third kappa shape index (κ3) is 3.29. The molecule has 2 aromatic rings. The van der Waals surface area contributed by atoms with Gasteiger partial charge in [0.25, 0.3) is 0 Å². The SMILES string of the molecule is Cc1cc(F)cc(Nc2ncc(Br)cc2C(=O)O)c1. The number of carbonyl (C=O) groups is 1. The minimum absolute atomic E-state index is 0.0105. The maximum Gasteiger partial charge on any atom is 0.339 e. The van der Waals surface area contributed by atoms with Crippen molar-refractivity contribution in [3.8, 4) is 0 Å². The predicted molar refractivity (Wildman–Crippen MR) is 73.3 cm³/mol. The molecule has 1 aromatic carbocycles. The molecule has 2 N–H and O–H groups in total. The summed E-state index contributed by atoms with van der Waals surface area (Å²) in [6, 6.07) is 5.81. The topological polar surface area (TPSA) is 62.2 Å². The molecule has 0 saturated heterocycles. The number of nitrogens with one attached hydrogen (secondary N) is 1. The summed E-state index contributed by atoms with van der Waals surface area (Å²) >= 11 is 3.16. The largest absolute Gasteiger partial charge is 0.478 e. The highest BCUT2D eigenvalue weighted by Crippen LogP contribution is 2.23. The van der Waals surface area contributed by atoms with Crippen LogP contribution in [0.1, 0.15) is 15.9 Å². The monoisotopic (exact) mass is 324 g/mol. The average Bonchev–Trinajstić information content (AvgIpc) is 2.30. The lowest BCUT2D eigenvalue weighted by atomic mass is 10.2. The van der Waals surface area contributed by atoms with Crippen molar-refractivity contribution in [1.29, 1.82) is 0 Å². The molecular formula is C13H10BrFN2O2. The lowest BCUT2D eigenvalue weighted by Gasteiger charge is -2.09. The van der Waals surface area contributed by atoms with Crippen molar-refractivity contribution in [2.75, 3.05) is 5.32 Å². The van der Waals surface area contributed by atoms with E-state index in [2.05, 4.69) is 26.2 Å². The Bertz CT molecular complexity index is 626. The summed E-state index contributed by atoms with van der Waals surface area (Å²) in [5.41, 5.74) is 1.20. The van der Waals surface area contributed by atoms with E-state index in [1.165, 1.54) is 24.4 Å². The van der Waals surface area contributed by atoms with Gasteiger partial charge in [0.2, 0.25) is 0 Å². The highest BCUT2D eigenvalue weighted by Gasteiger charge is 2.12. The van der Waals surface area contributed by atoms with Crippen LogP contribution >= 0.6 is 15.9 Å². The molecule has 0 unspecified atom stereocenters. The number of aromatic nitrogens is 1. The molecule has 4 nitrogen and oxygen atoms in total. The van der Waals surface area contributed by atoms with Gasteiger partial charge in [0.15, 0.2) is 0 Å². The first-order chi connectivity index (χ1) is 8.95. The number of nitrogens with zero attached hydrogens (tertiary/aromatic N) is 1. The number of aryl methyl sites for hydroxylation is 1. The second-order valence-corrected chi connectivity index (χ2v) is 4.91. The van der Waals surface area contributed by atoms with E-state index < -0.39 is 11.8 Å². The normalized spacial score (nSPS) is 10.3. The van der Waals surface area contributed by atoms with Gasteiger partial charge in [-0.25, -0.2) is 14.2 Å². The zero-order valence-electron chi connectivity index (χ0n) is 9.95. The van der Waals surface area contributed by atoms with Crippen LogP contribution in [-0.4, -0.2) is 16.1 Å². The van der Waals surface area contributed by atoms with Crippen molar-refractivity contribution in [3.05, 3.63) is 51.9 Å². The first-order valence-corrected chi connectivity index (χ1v) is 6.18. The first kappa shape index (κ1) is 13.5. The number of pyridine rings is 1. The molecule has 0 atom stereocenters. The standard InChI is InChI=1S/C13H10BrFN2O2/c1-7-2-9(15)5-10(3-7)17-12-11(13(18)19)4-8(14)6-16-12/h2-6H,1H3,(H,16,17)(H,18,19). The van der Waals surface area contributed by atoms with Crippen LogP contribution in [0.15, 0.2) is 34.9 Å². The lowest BCUT2D eigenvalue weighted by molar-refractivity contribution is 0.0697. The summed E-state index contributed by atoms with van der Waals surface area (Å²) in [5, 5.41) is 11.9. The second kappa shape index (κ2) is 5.36. The summed E-state index contributed by atoms with van der Waals surface area (Å²) in [7, 11) is 0. The molecule has 0 radical (unpaired) electrons. The Balaban J connectivity index is 2.40. The molecule has 0 fully saturated rings. The number of anilines is 2. The third-order valence-electron chi connectivity index (χ3n) is 2.39. The van der Waals surface area contributed by atoms with Crippen molar-refractivity contribution < 1.29 is 14.3 Å². The number of carboxylic acids is 1. The Morgan fingerprint density at radius 2 is 2.11 bits per heavy atom. The number of hydrogen-bond acceptors (Lipinski definition) is 3. The van der Waals surface area contributed by atoms with Crippen LogP contribution in [0.4, 0.5) is 15.9 Å². The average molecular weight is 325 g/mol. The van der Waals surface area contributed by atoms with Gasteiger partial charge in [-0.2, -0.15) is 0 Å². The van der Waals surface area contributed by atoms with Crippen molar-refractivity contribution in [3.63, 3.8) is 0 Å². The molecular weight excluding hydrogens is 315 g/mol. The maximum absolute atomic E-state index is 13.3. The van der Waals surface area contributed by atoms with Crippen LogP contribution < -0.4 is 5.32 Å². The fraction of sp³-hybridized carbons (Fsp3) is 0.0769. The Morgan fingerprint density at radius 3 is 2.74 bits per heavy atom. The van der Waals surface area contributed by atoms with Gasteiger partial charge >= 0.3 is 5.97 Å². The summed E-state index contributed by atoms with van der Waals surface area (Å²) < 4.78 is 13.8. The molecule has 1 heterocycles. The van der Waals surface area contributed by atoms with E-state index in [1.54, 1.807) is 13.0 Å². The fourth-order valence-electron chi connectivity index (χ4n) is 1.65. The van der Waals surface area contributed by atoms with Crippen LogP contribution in [0.2, 0.25) is 0 Å². The predicted octanol–water partition coefficient (Wildman–Crippen LogP) is 3.73. The van der Waals surface area contributed by atoms with Crippen LogP contribution in [0.25, 0.3) is 0 Å². The molecule has 0 amide bonds. The maximum atomic E-state index is 13.3. The lowest BCUT2D eigenvalue weighted by Crippen LogP contribution is -2.05. The van der Waals surface area contributed by atoms with Crippen LogP contribution in [0.3, 0.4) is 0 Å². The summed E-state index contributed by atoms with van der Waals surface area (Å²) in [5.74, 6) is -1.33. The van der Waals surface area contributed by atoms with Gasteiger partial charge in [0.1, 0.15) is 17.2 Å². The Labute approximate surface area is 117 Å². The van der Waals surface area contributed by atoms with Gasteiger partial charge in [-0.15, -0.1) is 0 Å². The highest BCUT2D eigenvalue weighted by atomic mass is 79.9. The molecule has 0 spiro atoms. The molecule has 0 saturated carbocycles.